The van der Waals surface area contributed by atoms with E-state index in [2.05, 4.69) is 37.6 Å². The number of fused-ring (bicyclic) bond motifs is 1. The number of nitrogens with two attached hydrogens (primary N) is 2. The Morgan fingerprint density at radius 3 is 2.33 bits per heavy atom. The summed E-state index contributed by atoms with van der Waals surface area (Å²) in [4.78, 5) is 67.4. The molecule has 2 aliphatic rings. The van der Waals surface area contributed by atoms with Gasteiger partial charge in [-0.05, 0) is 18.9 Å². The first-order valence-electron chi connectivity index (χ1n) is 12.8. The summed E-state index contributed by atoms with van der Waals surface area (Å²) >= 11 is 0. The van der Waals surface area contributed by atoms with Crippen LogP contribution < -0.4 is 22.7 Å². The van der Waals surface area contributed by atoms with E-state index in [1.165, 1.54) is 23.2 Å². The normalized spacial score (nSPS) is 27.7. The topological polar surface area (TPSA) is 338 Å². The lowest BCUT2D eigenvalue weighted by Crippen LogP contribution is -2.27. The molecule has 0 bridgehead atoms. The van der Waals surface area contributed by atoms with Gasteiger partial charge in [0.1, 0.15) is 24.4 Å². The molecule has 5 rings (SSSR count). The molecule has 45 heavy (non-hydrogen) atoms. The van der Waals surface area contributed by atoms with E-state index < -0.39 is 78.7 Å². The highest BCUT2D eigenvalue weighted by molar-refractivity contribution is 7.66. The van der Waals surface area contributed by atoms with Crippen molar-refractivity contribution in [3.8, 4) is 0 Å². The van der Waals surface area contributed by atoms with Crippen molar-refractivity contribution in [1.29, 1.82) is 0 Å². The zero-order chi connectivity index (χ0) is 32.7. The molecular weight excluding hydrogens is 673 g/mol. The molecule has 0 saturated carbocycles. The molecule has 3 aromatic heterocycles. The number of nitrogen functional groups attached to an aromatic ring is 2. The highest BCUT2D eigenvalue weighted by atomic mass is 31.3. The zero-order valence-electron chi connectivity index (χ0n) is 22.7. The van der Waals surface area contributed by atoms with E-state index in [0.29, 0.717) is 0 Å². The van der Waals surface area contributed by atoms with E-state index in [4.69, 9.17) is 20.9 Å². The average molecular weight is 700 g/mol. The molecule has 9 N–H and O–H groups in total. The number of imidazole rings is 1. The highest BCUT2D eigenvalue weighted by Crippen LogP contribution is 2.67. The van der Waals surface area contributed by atoms with Gasteiger partial charge in [-0.2, -0.15) is 18.6 Å². The summed E-state index contributed by atoms with van der Waals surface area (Å²) in [5.74, 6) is -0.201. The lowest BCUT2D eigenvalue weighted by Gasteiger charge is -2.21. The van der Waals surface area contributed by atoms with Crippen LogP contribution in [-0.4, -0.2) is 80.4 Å². The first-order valence-corrected chi connectivity index (χ1v) is 17.3. The molecule has 2 aliphatic heterocycles. The predicted octanol–water partition coefficient (Wildman–Crippen LogP) is -0.766. The maximum atomic E-state index is 12.3. The molecule has 26 heteroatoms. The molecular formula is C19H27N8O15P3. The van der Waals surface area contributed by atoms with Crippen LogP contribution in [0.25, 0.3) is 11.2 Å². The van der Waals surface area contributed by atoms with Crippen molar-refractivity contribution in [2.45, 2.75) is 50.0 Å². The van der Waals surface area contributed by atoms with Crippen molar-refractivity contribution in [3.63, 3.8) is 0 Å². The quantitative estimate of drug-likeness (QED) is 0.114. The zero-order valence-corrected chi connectivity index (χ0v) is 25.3. The van der Waals surface area contributed by atoms with Crippen LogP contribution in [0.1, 0.15) is 31.7 Å². The van der Waals surface area contributed by atoms with Crippen molar-refractivity contribution in [1.82, 2.24) is 29.1 Å². The fraction of sp³-hybridized carbons (Fsp3) is 0.526. The monoisotopic (exact) mass is 700 g/mol. The molecule has 8 atom stereocenters. The number of nitrogens with one attached hydrogen (secondary N) is 1. The second-order valence-electron chi connectivity index (χ2n) is 9.70. The van der Waals surface area contributed by atoms with Gasteiger partial charge in [-0.25, -0.2) is 23.5 Å². The van der Waals surface area contributed by atoms with Crippen molar-refractivity contribution >= 4 is 46.4 Å². The molecule has 23 nitrogen and oxygen atoms in total. The SMILES string of the molecule is Nc1ccn([C@H]2CC[C@@H](COP(=O)(O)OP(=O)(O)OP(=O)(O)OC[C@H]3O[C@@H](n4cnc5c(=O)[nH]c(N)nc54)C[C@@H]3O)O2)c(=O)n1. The number of aliphatic hydroxyl groups excluding tert-OH is 1. The van der Waals surface area contributed by atoms with Gasteiger partial charge in [0.15, 0.2) is 11.2 Å². The van der Waals surface area contributed by atoms with Crippen LogP contribution in [0.3, 0.4) is 0 Å². The number of nitrogens with zero attached hydrogens (tertiary/aromatic N) is 5. The molecule has 0 aliphatic carbocycles. The van der Waals surface area contributed by atoms with Gasteiger partial charge in [0.25, 0.3) is 5.56 Å². The average Bonchev–Trinajstić information content (AvgIpc) is 3.63. The largest absolute Gasteiger partial charge is 0.490 e. The standard InChI is InChI=1S/C19H27N8O15P3/c20-12-3-4-26(19(30)23-12)13-2-1-9(39-13)6-37-43(31,32)41-45(35,36)42-44(33,34)38-7-11-10(28)5-14(40-11)27-8-22-15-16(27)24-18(21)25-17(15)29/h3-4,8-11,13-14,28H,1-2,5-7H2,(H,31,32)(H,33,34)(H,35,36)(H2,20,23,30)(H3,21,24,25,29)/t9-,10-,11+,13+,14+/m0/s1. The minimum absolute atomic E-state index is 0.00216. The molecule has 3 unspecified atom stereocenters. The lowest BCUT2D eigenvalue weighted by molar-refractivity contribution is -0.0424. The Morgan fingerprint density at radius 2 is 1.64 bits per heavy atom. The minimum Gasteiger partial charge on any atom is -0.390 e. The number of aromatic amines is 1. The Bertz CT molecular complexity index is 1830. The number of rotatable bonds is 12. The Balaban J connectivity index is 1.11. The Labute approximate surface area is 250 Å². The summed E-state index contributed by atoms with van der Waals surface area (Å²) in [6, 6.07) is 1.37. The summed E-state index contributed by atoms with van der Waals surface area (Å²) in [5, 5.41) is 10.4. The van der Waals surface area contributed by atoms with E-state index in [9.17, 15) is 43.1 Å². The number of aromatic nitrogens is 6. The lowest BCUT2D eigenvalue weighted by atomic mass is 10.2. The number of hydrogen-bond acceptors (Lipinski definition) is 17. The maximum absolute atomic E-state index is 12.3. The molecule has 0 aromatic carbocycles. The number of H-pyrrole nitrogens is 1. The number of anilines is 2. The Kier molecular flexibility index (Phi) is 9.47. The molecule has 2 fully saturated rings. The van der Waals surface area contributed by atoms with E-state index in [0.717, 1.165) is 4.57 Å². The third-order valence-corrected chi connectivity index (χ3v) is 10.7. The second kappa shape index (κ2) is 12.7. The predicted molar refractivity (Wildman–Crippen MR) is 147 cm³/mol. The summed E-state index contributed by atoms with van der Waals surface area (Å²) in [7, 11) is -16.7. The number of ether oxygens (including phenoxy) is 2. The minimum atomic E-state index is -5.78. The van der Waals surface area contributed by atoms with Crippen LogP contribution in [0.2, 0.25) is 0 Å². The highest BCUT2D eigenvalue weighted by Gasteiger charge is 2.44. The van der Waals surface area contributed by atoms with Crippen LogP contribution in [0, 0.1) is 0 Å². The van der Waals surface area contributed by atoms with Crippen LogP contribution in [0.5, 0.6) is 0 Å². The Morgan fingerprint density at radius 1 is 0.956 bits per heavy atom. The van der Waals surface area contributed by atoms with Gasteiger partial charge in [-0.1, -0.05) is 0 Å². The second-order valence-corrected chi connectivity index (χ2v) is 14.3. The first-order chi connectivity index (χ1) is 21.0. The van der Waals surface area contributed by atoms with E-state index >= 15 is 0 Å². The van der Waals surface area contributed by atoms with Gasteiger partial charge >= 0.3 is 29.2 Å². The van der Waals surface area contributed by atoms with Gasteiger partial charge < -0.3 is 40.7 Å². The van der Waals surface area contributed by atoms with Crippen molar-refractivity contribution in [2.75, 3.05) is 24.7 Å². The van der Waals surface area contributed by atoms with Gasteiger partial charge in [0, 0.05) is 12.6 Å². The molecule has 3 aromatic rings. The van der Waals surface area contributed by atoms with Gasteiger partial charge in [0.2, 0.25) is 5.95 Å². The van der Waals surface area contributed by atoms with Crippen LogP contribution in [0.4, 0.5) is 11.8 Å². The summed E-state index contributed by atoms with van der Waals surface area (Å²) in [6.07, 6.45) is -2.25. The maximum Gasteiger partial charge on any atom is 0.490 e. The van der Waals surface area contributed by atoms with E-state index in [1.54, 1.807) is 0 Å². The fourth-order valence-electron chi connectivity index (χ4n) is 4.52. The van der Waals surface area contributed by atoms with Gasteiger partial charge in [-0.15, -0.1) is 0 Å². The molecule has 2 saturated heterocycles. The fourth-order valence-corrected chi connectivity index (χ4v) is 8.06. The third-order valence-electron chi connectivity index (χ3n) is 6.45. The molecule has 0 radical (unpaired) electrons. The van der Waals surface area contributed by atoms with E-state index in [-0.39, 0.29) is 42.2 Å². The van der Waals surface area contributed by atoms with Crippen LogP contribution >= 0.6 is 23.5 Å². The molecule has 0 amide bonds. The molecule has 0 spiro atoms. The van der Waals surface area contributed by atoms with E-state index in [1.807, 2.05) is 0 Å². The third kappa shape index (κ3) is 8.10. The number of phosphoric ester groups is 2. The summed E-state index contributed by atoms with van der Waals surface area (Å²) in [6.45, 7) is -1.51. The number of hydrogen-bond donors (Lipinski definition) is 7. The van der Waals surface area contributed by atoms with Crippen LogP contribution in [0.15, 0.2) is 28.2 Å². The van der Waals surface area contributed by atoms with Crippen LogP contribution in [-0.2, 0) is 40.8 Å². The first kappa shape index (κ1) is 33.5. The smallest absolute Gasteiger partial charge is 0.390 e. The van der Waals surface area contributed by atoms with Crippen molar-refractivity contribution in [2.24, 2.45) is 0 Å². The number of phosphoric acid groups is 3. The van der Waals surface area contributed by atoms with Gasteiger partial charge in [-0.3, -0.25) is 28.0 Å². The van der Waals surface area contributed by atoms with Crippen molar-refractivity contribution in [3.05, 3.63) is 39.4 Å². The molecule has 5 heterocycles. The molecule has 248 valence electrons. The Hall–Kier alpha value is -2.88. The van der Waals surface area contributed by atoms with Crippen molar-refractivity contribution < 1.29 is 60.6 Å². The van der Waals surface area contributed by atoms with Gasteiger partial charge in [0.05, 0.1) is 31.7 Å². The summed E-state index contributed by atoms with van der Waals surface area (Å²) in [5.41, 5.74) is 9.68. The summed E-state index contributed by atoms with van der Waals surface area (Å²) < 4.78 is 67.9. The number of aliphatic hydroxyl groups is 1.